The number of rotatable bonds is 2. The van der Waals surface area contributed by atoms with Crippen LogP contribution in [0.15, 0.2) is 22.8 Å². The Labute approximate surface area is 105 Å². The number of hydrogen-bond acceptors (Lipinski definition) is 4. The van der Waals surface area contributed by atoms with E-state index in [-0.39, 0.29) is 5.69 Å². The van der Waals surface area contributed by atoms with E-state index in [2.05, 4.69) is 25.9 Å². The van der Waals surface area contributed by atoms with Gasteiger partial charge >= 0.3 is 0 Å². The van der Waals surface area contributed by atoms with E-state index in [0.717, 1.165) is 18.7 Å². The first-order valence-corrected chi connectivity index (χ1v) is 6.06. The summed E-state index contributed by atoms with van der Waals surface area (Å²) in [5.74, 6) is 1.21. The molecule has 0 aliphatic heterocycles. The van der Waals surface area contributed by atoms with Gasteiger partial charge in [-0.15, -0.1) is 0 Å². The van der Waals surface area contributed by atoms with Crippen LogP contribution in [0.2, 0.25) is 0 Å². The zero-order chi connectivity index (χ0) is 12.0. The molecule has 1 heterocycles. The maximum Gasteiger partial charge on any atom is 0.281 e. The smallest absolute Gasteiger partial charge is 0.258 e. The van der Waals surface area contributed by atoms with Crippen molar-refractivity contribution in [3.05, 3.63) is 38.7 Å². The molecule has 2 aromatic rings. The van der Waals surface area contributed by atoms with E-state index in [1.807, 2.05) is 0 Å². The maximum atomic E-state index is 10.9. The summed E-state index contributed by atoms with van der Waals surface area (Å²) in [5.41, 5.74) is 0.666. The van der Waals surface area contributed by atoms with E-state index in [0.29, 0.717) is 21.4 Å². The van der Waals surface area contributed by atoms with Crippen molar-refractivity contribution < 1.29 is 4.92 Å². The van der Waals surface area contributed by atoms with Gasteiger partial charge in [0.05, 0.1) is 10.4 Å². The van der Waals surface area contributed by atoms with E-state index >= 15 is 0 Å². The lowest BCUT2D eigenvalue weighted by molar-refractivity contribution is -0.383. The summed E-state index contributed by atoms with van der Waals surface area (Å²) in [5, 5.41) is 11.4. The number of halogens is 1. The van der Waals surface area contributed by atoms with Crippen LogP contribution in [-0.2, 0) is 0 Å². The maximum absolute atomic E-state index is 10.9. The largest absolute Gasteiger partial charge is 0.281 e. The molecule has 1 aliphatic carbocycles. The van der Waals surface area contributed by atoms with Crippen LogP contribution in [0.4, 0.5) is 5.69 Å². The standard InChI is InChI=1S/C11H8BrN3O2/c12-10-9-7(2-1-3-8(9)15(16)17)13-11(14-10)6-4-5-6/h1-3,6H,4-5H2. The number of hydrogen-bond donors (Lipinski definition) is 0. The van der Waals surface area contributed by atoms with Crippen LogP contribution in [0.3, 0.4) is 0 Å². The molecule has 1 aromatic carbocycles. The fourth-order valence-corrected chi connectivity index (χ4v) is 2.40. The van der Waals surface area contributed by atoms with Gasteiger partial charge in [0.2, 0.25) is 0 Å². The van der Waals surface area contributed by atoms with Crippen molar-refractivity contribution in [2.45, 2.75) is 18.8 Å². The molecule has 0 atom stereocenters. The Kier molecular flexibility index (Phi) is 2.32. The molecule has 6 heteroatoms. The number of benzene rings is 1. The van der Waals surface area contributed by atoms with Gasteiger partial charge in [-0.1, -0.05) is 6.07 Å². The van der Waals surface area contributed by atoms with E-state index in [9.17, 15) is 10.1 Å². The second kappa shape index (κ2) is 3.73. The molecule has 1 saturated carbocycles. The summed E-state index contributed by atoms with van der Waals surface area (Å²) >= 11 is 3.31. The average molecular weight is 294 g/mol. The molecule has 86 valence electrons. The SMILES string of the molecule is O=[N+]([O-])c1cccc2nc(C3CC3)nc(Br)c12. The zero-order valence-corrected chi connectivity index (χ0v) is 10.3. The molecule has 3 rings (SSSR count). The third kappa shape index (κ3) is 1.78. The minimum Gasteiger partial charge on any atom is -0.258 e. The molecule has 5 nitrogen and oxygen atoms in total. The molecule has 1 aromatic heterocycles. The third-order valence-electron chi connectivity index (χ3n) is 2.81. The molecule has 0 amide bonds. The van der Waals surface area contributed by atoms with Gasteiger partial charge in [-0.3, -0.25) is 10.1 Å². The topological polar surface area (TPSA) is 68.9 Å². The van der Waals surface area contributed by atoms with E-state index in [1.165, 1.54) is 6.07 Å². The molecular weight excluding hydrogens is 286 g/mol. The van der Waals surface area contributed by atoms with E-state index < -0.39 is 4.92 Å². The zero-order valence-electron chi connectivity index (χ0n) is 8.76. The highest BCUT2D eigenvalue weighted by atomic mass is 79.9. The van der Waals surface area contributed by atoms with Crippen LogP contribution >= 0.6 is 15.9 Å². The monoisotopic (exact) mass is 293 g/mol. The first kappa shape index (κ1) is 10.6. The number of nitrogens with zero attached hydrogens (tertiary/aromatic N) is 3. The molecule has 1 aliphatic rings. The lowest BCUT2D eigenvalue weighted by atomic mass is 10.2. The van der Waals surface area contributed by atoms with Gasteiger partial charge in [0.25, 0.3) is 5.69 Å². The highest BCUT2D eigenvalue weighted by Crippen LogP contribution is 2.40. The Balaban J connectivity index is 2.30. The van der Waals surface area contributed by atoms with Crippen molar-refractivity contribution in [3.63, 3.8) is 0 Å². The van der Waals surface area contributed by atoms with Gasteiger partial charge in [-0.25, -0.2) is 9.97 Å². The third-order valence-corrected chi connectivity index (χ3v) is 3.39. The summed E-state index contributed by atoms with van der Waals surface area (Å²) < 4.78 is 0.511. The van der Waals surface area contributed by atoms with Gasteiger partial charge in [-0.05, 0) is 34.8 Å². The Morgan fingerprint density at radius 1 is 1.35 bits per heavy atom. The van der Waals surface area contributed by atoms with Gasteiger partial charge in [0.15, 0.2) is 0 Å². The minimum absolute atomic E-state index is 0.0386. The molecule has 0 unspecified atom stereocenters. The first-order valence-electron chi connectivity index (χ1n) is 5.27. The number of nitro benzene ring substituents is 1. The van der Waals surface area contributed by atoms with Crippen LogP contribution in [0.25, 0.3) is 10.9 Å². The van der Waals surface area contributed by atoms with Crippen molar-refractivity contribution in [2.75, 3.05) is 0 Å². The molecule has 0 saturated heterocycles. The van der Waals surface area contributed by atoms with Crippen molar-refractivity contribution in [1.29, 1.82) is 0 Å². The molecule has 0 radical (unpaired) electrons. The Morgan fingerprint density at radius 2 is 2.12 bits per heavy atom. The summed E-state index contributed by atoms with van der Waals surface area (Å²) in [7, 11) is 0. The van der Waals surface area contributed by atoms with Gasteiger partial charge in [0, 0.05) is 12.0 Å². The van der Waals surface area contributed by atoms with Crippen molar-refractivity contribution in [3.8, 4) is 0 Å². The van der Waals surface area contributed by atoms with Crippen molar-refractivity contribution in [1.82, 2.24) is 9.97 Å². The summed E-state index contributed by atoms with van der Waals surface area (Å²) in [4.78, 5) is 19.2. The molecule has 0 spiro atoms. The van der Waals surface area contributed by atoms with Crippen molar-refractivity contribution in [2.24, 2.45) is 0 Å². The van der Waals surface area contributed by atoms with Gasteiger partial charge in [-0.2, -0.15) is 0 Å². The van der Waals surface area contributed by atoms with E-state index in [4.69, 9.17) is 0 Å². The number of non-ortho nitro benzene ring substituents is 1. The second-order valence-corrected chi connectivity index (χ2v) is 4.83. The molecule has 1 fully saturated rings. The average Bonchev–Trinajstić information content (AvgIpc) is 3.11. The lowest BCUT2D eigenvalue weighted by Gasteiger charge is -2.03. The van der Waals surface area contributed by atoms with Crippen LogP contribution in [0.5, 0.6) is 0 Å². The number of nitro groups is 1. The molecule has 0 bridgehead atoms. The minimum atomic E-state index is -0.409. The van der Waals surface area contributed by atoms with E-state index in [1.54, 1.807) is 12.1 Å². The molecule has 17 heavy (non-hydrogen) atoms. The second-order valence-electron chi connectivity index (χ2n) is 4.08. The highest BCUT2D eigenvalue weighted by molar-refractivity contribution is 9.10. The predicted molar refractivity (Wildman–Crippen MR) is 65.9 cm³/mol. The highest BCUT2D eigenvalue weighted by Gasteiger charge is 2.28. The van der Waals surface area contributed by atoms with Crippen LogP contribution < -0.4 is 0 Å². The Hall–Kier alpha value is -1.56. The van der Waals surface area contributed by atoms with Crippen LogP contribution in [0, 0.1) is 10.1 Å². The molecular formula is C11H8BrN3O2. The number of fused-ring (bicyclic) bond motifs is 1. The summed E-state index contributed by atoms with van der Waals surface area (Å²) in [6.45, 7) is 0. The Morgan fingerprint density at radius 3 is 2.76 bits per heavy atom. The van der Waals surface area contributed by atoms with Crippen molar-refractivity contribution >= 4 is 32.5 Å². The first-order chi connectivity index (χ1) is 8.16. The fraction of sp³-hybridized carbons (Fsp3) is 0.273. The van der Waals surface area contributed by atoms with Gasteiger partial charge in [0.1, 0.15) is 15.8 Å². The van der Waals surface area contributed by atoms with Crippen LogP contribution in [0.1, 0.15) is 24.6 Å². The normalized spacial score (nSPS) is 15.1. The summed E-state index contributed by atoms with van der Waals surface area (Å²) in [6, 6.07) is 4.89. The summed E-state index contributed by atoms with van der Waals surface area (Å²) in [6.07, 6.45) is 2.21. The fourth-order valence-electron chi connectivity index (χ4n) is 1.81. The van der Waals surface area contributed by atoms with Crippen LogP contribution in [-0.4, -0.2) is 14.9 Å². The van der Waals surface area contributed by atoms with Gasteiger partial charge < -0.3 is 0 Å². The number of aromatic nitrogens is 2. The Bertz CT molecular complexity index is 625. The lowest BCUT2D eigenvalue weighted by Crippen LogP contribution is -1.97. The predicted octanol–water partition coefficient (Wildman–Crippen LogP) is 3.18. The molecule has 0 N–H and O–H groups in total. The quantitative estimate of drug-likeness (QED) is 0.484.